The molecule has 1 aliphatic rings. The highest BCUT2D eigenvalue weighted by Crippen LogP contribution is 2.36. The molecule has 6 nitrogen and oxygen atoms in total. The summed E-state index contributed by atoms with van der Waals surface area (Å²) in [6.07, 6.45) is 1.40. The Labute approximate surface area is 196 Å². The number of hydrogen-bond acceptors (Lipinski definition) is 4. The number of carbonyl (C=O) groups is 1. The number of para-hydroxylation sites is 1. The van der Waals surface area contributed by atoms with Gasteiger partial charge in [0.2, 0.25) is 15.6 Å². The first-order valence-electron chi connectivity index (χ1n) is 10.8. The molecule has 6 rings (SSSR count). The number of imidazole rings is 1. The summed E-state index contributed by atoms with van der Waals surface area (Å²) >= 11 is 0. The Morgan fingerprint density at radius 2 is 1.50 bits per heavy atom. The number of nitrogens with zero attached hydrogens (tertiary/aromatic N) is 3. The molecule has 34 heavy (non-hydrogen) atoms. The molecule has 0 radical (unpaired) electrons. The summed E-state index contributed by atoms with van der Waals surface area (Å²) in [5.74, 6) is -0.126. The van der Waals surface area contributed by atoms with Crippen molar-refractivity contribution in [2.24, 2.45) is 7.05 Å². The van der Waals surface area contributed by atoms with Crippen LogP contribution in [0.2, 0.25) is 0 Å². The summed E-state index contributed by atoms with van der Waals surface area (Å²) in [7, 11) is -2.00. The maximum Gasteiger partial charge on any atom is 0.211 e. The highest BCUT2D eigenvalue weighted by atomic mass is 32.2. The molecule has 0 bridgehead atoms. The first-order chi connectivity index (χ1) is 16.5. The smallest absolute Gasteiger partial charge is 0.211 e. The van der Waals surface area contributed by atoms with Gasteiger partial charge in [-0.3, -0.25) is 9.36 Å². The molecule has 1 aliphatic heterocycles. The summed E-state index contributed by atoms with van der Waals surface area (Å²) in [4.78, 5) is 17.6. The van der Waals surface area contributed by atoms with Crippen molar-refractivity contribution in [1.82, 2.24) is 14.1 Å². The van der Waals surface area contributed by atoms with Crippen LogP contribution in [0.4, 0.5) is 0 Å². The number of aryl methyl sites for hydroxylation is 1. The van der Waals surface area contributed by atoms with Crippen LogP contribution < -0.4 is 0 Å². The van der Waals surface area contributed by atoms with Gasteiger partial charge in [-0.05, 0) is 35.9 Å². The molecule has 0 fully saturated rings. The first kappa shape index (κ1) is 20.4. The normalized spacial score (nSPS) is 15.8. The Kier molecular flexibility index (Phi) is 4.43. The van der Waals surface area contributed by atoms with Gasteiger partial charge in [-0.2, -0.15) is 0 Å². The minimum absolute atomic E-state index is 0.0417. The highest BCUT2D eigenvalue weighted by Gasteiger charge is 2.39. The number of aromatic nitrogens is 3. The summed E-state index contributed by atoms with van der Waals surface area (Å²) in [5.41, 5.74) is 4.56. The molecule has 0 aliphatic carbocycles. The van der Waals surface area contributed by atoms with E-state index in [0.717, 1.165) is 22.5 Å². The topological polar surface area (TPSA) is 74.0 Å². The van der Waals surface area contributed by atoms with Gasteiger partial charge in [0.15, 0.2) is 5.65 Å². The van der Waals surface area contributed by atoms with Crippen molar-refractivity contribution in [1.29, 1.82) is 0 Å². The fourth-order valence-corrected chi connectivity index (χ4v) is 6.07. The molecule has 0 atom stereocenters. The molecular weight excluding hydrogens is 446 g/mol. The predicted octanol–water partition coefficient (Wildman–Crippen LogP) is 5.04. The van der Waals surface area contributed by atoms with Crippen LogP contribution in [0.1, 0.15) is 16.2 Å². The van der Waals surface area contributed by atoms with E-state index in [1.165, 1.54) is 12.1 Å². The van der Waals surface area contributed by atoms with E-state index in [4.69, 9.17) is 4.98 Å². The SMILES string of the molecule is Cn1c(-c2ccccc2)cc2c1nc(/C=C1\C(=O)c3ccccc3S1(=O)=O)n2-c1ccccc1. The molecular formula is C27H19N3O3S. The Balaban J connectivity index is 1.62. The van der Waals surface area contributed by atoms with Crippen LogP contribution in [0.3, 0.4) is 0 Å². The fourth-order valence-electron chi connectivity index (χ4n) is 4.51. The van der Waals surface area contributed by atoms with Crippen LogP contribution >= 0.6 is 0 Å². The molecule has 3 heterocycles. The van der Waals surface area contributed by atoms with Gasteiger partial charge in [0.25, 0.3) is 0 Å². The molecule has 0 unspecified atom stereocenters. The number of ketones is 1. The zero-order chi connectivity index (χ0) is 23.4. The number of hydrogen-bond donors (Lipinski definition) is 0. The second-order valence-electron chi connectivity index (χ2n) is 8.14. The molecule has 3 aromatic carbocycles. The Bertz CT molecular complexity index is 1730. The number of allylic oxidation sites excluding steroid dienone is 1. The average Bonchev–Trinajstić information content (AvgIpc) is 3.44. The van der Waals surface area contributed by atoms with Gasteiger partial charge in [0, 0.05) is 24.4 Å². The quantitative estimate of drug-likeness (QED) is 0.350. The molecule has 166 valence electrons. The third kappa shape index (κ3) is 2.90. The van der Waals surface area contributed by atoms with Crippen molar-refractivity contribution in [3.63, 3.8) is 0 Å². The van der Waals surface area contributed by atoms with E-state index in [1.807, 2.05) is 82.9 Å². The van der Waals surface area contributed by atoms with E-state index in [-0.39, 0.29) is 15.4 Å². The zero-order valence-electron chi connectivity index (χ0n) is 18.2. The molecule has 0 N–H and O–H groups in total. The molecule has 0 saturated carbocycles. The van der Waals surface area contributed by atoms with Crippen LogP contribution in [0.5, 0.6) is 0 Å². The van der Waals surface area contributed by atoms with Crippen molar-refractivity contribution in [3.8, 4) is 16.9 Å². The summed E-state index contributed by atoms with van der Waals surface area (Å²) in [5, 5.41) is 0. The molecule has 0 amide bonds. The van der Waals surface area contributed by atoms with Gasteiger partial charge in [0.1, 0.15) is 10.7 Å². The predicted molar refractivity (Wildman–Crippen MR) is 131 cm³/mol. The van der Waals surface area contributed by atoms with Gasteiger partial charge in [-0.15, -0.1) is 0 Å². The Morgan fingerprint density at radius 1 is 0.853 bits per heavy atom. The maximum absolute atomic E-state index is 13.2. The third-order valence-corrected chi connectivity index (χ3v) is 7.97. The number of rotatable bonds is 3. The van der Waals surface area contributed by atoms with Gasteiger partial charge in [-0.1, -0.05) is 60.7 Å². The Morgan fingerprint density at radius 3 is 2.21 bits per heavy atom. The lowest BCUT2D eigenvalue weighted by molar-refractivity contribution is 0.104. The van der Waals surface area contributed by atoms with Crippen LogP contribution in [-0.4, -0.2) is 28.3 Å². The van der Waals surface area contributed by atoms with Crippen LogP contribution in [0, 0.1) is 0 Å². The van der Waals surface area contributed by atoms with Crippen molar-refractivity contribution < 1.29 is 13.2 Å². The number of benzene rings is 3. The van der Waals surface area contributed by atoms with Crippen LogP contribution in [0.15, 0.2) is 101 Å². The lowest BCUT2D eigenvalue weighted by Crippen LogP contribution is -2.05. The van der Waals surface area contributed by atoms with E-state index in [1.54, 1.807) is 18.2 Å². The molecule has 5 aromatic rings. The van der Waals surface area contributed by atoms with Crippen LogP contribution in [0.25, 0.3) is 34.2 Å². The van der Waals surface area contributed by atoms with E-state index < -0.39 is 15.6 Å². The lowest BCUT2D eigenvalue weighted by atomic mass is 10.1. The van der Waals surface area contributed by atoms with Crippen LogP contribution in [-0.2, 0) is 16.9 Å². The van der Waals surface area contributed by atoms with E-state index in [9.17, 15) is 13.2 Å². The molecule has 2 aromatic heterocycles. The summed E-state index contributed by atoms with van der Waals surface area (Å²) in [6, 6.07) is 27.9. The summed E-state index contributed by atoms with van der Waals surface area (Å²) in [6.45, 7) is 0. The fraction of sp³-hybridized carbons (Fsp3) is 0.0370. The van der Waals surface area contributed by atoms with Crippen molar-refractivity contribution in [2.75, 3.05) is 0 Å². The van der Waals surface area contributed by atoms with Crippen molar-refractivity contribution in [2.45, 2.75) is 4.90 Å². The van der Waals surface area contributed by atoms with Crippen molar-refractivity contribution >= 4 is 32.9 Å². The lowest BCUT2D eigenvalue weighted by Gasteiger charge is -2.07. The molecule has 7 heteroatoms. The number of carbonyl (C=O) groups excluding carboxylic acids is 1. The molecule has 0 saturated heterocycles. The third-order valence-electron chi connectivity index (χ3n) is 6.15. The van der Waals surface area contributed by atoms with Gasteiger partial charge >= 0.3 is 0 Å². The maximum atomic E-state index is 13.2. The zero-order valence-corrected chi connectivity index (χ0v) is 19.0. The Hall–Kier alpha value is -4.23. The second-order valence-corrected chi connectivity index (χ2v) is 10.0. The van der Waals surface area contributed by atoms with E-state index >= 15 is 0 Å². The summed E-state index contributed by atoms with van der Waals surface area (Å²) < 4.78 is 30.2. The largest absolute Gasteiger partial charge is 0.327 e. The standard InChI is InChI=1S/C27H19N3O3S/c1-29-21(18-10-4-2-5-11-18)16-22-27(29)28-25(30(22)19-12-6-3-7-13-19)17-24-26(31)20-14-8-9-15-23(20)34(24,32)33/h2-17H,1H3/b24-17+. The number of sulfone groups is 1. The molecule has 0 spiro atoms. The van der Waals surface area contributed by atoms with Crippen molar-refractivity contribution in [3.05, 3.63) is 107 Å². The average molecular weight is 466 g/mol. The minimum atomic E-state index is -3.92. The minimum Gasteiger partial charge on any atom is -0.327 e. The first-order valence-corrected chi connectivity index (χ1v) is 12.2. The van der Waals surface area contributed by atoms with Gasteiger partial charge in [0.05, 0.1) is 16.1 Å². The number of fused-ring (bicyclic) bond motifs is 2. The van der Waals surface area contributed by atoms with Gasteiger partial charge in [-0.25, -0.2) is 13.4 Å². The van der Waals surface area contributed by atoms with E-state index in [2.05, 4.69) is 0 Å². The van der Waals surface area contributed by atoms with Gasteiger partial charge < -0.3 is 4.57 Å². The highest BCUT2D eigenvalue weighted by molar-refractivity contribution is 7.97. The second kappa shape index (κ2) is 7.40. The van der Waals surface area contributed by atoms with E-state index in [0.29, 0.717) is 11.5 Å². The monoisotopic (exact) mass is 465 g/mol. The number of Topliss-reactive ketones (excluding diaryl/α,β-unsaturated/α-hetero) is 1.